The maximum Gasteiger partial charge on any atom is 0.333 e. The van der Waals surface area contributed by atoms with Gasteiger partial charge in [-0.2, -0.15) is 0 Å². The van der Waals surface area contributed by atoms with E-state index in [2.05, 4.69) is 46.1 Å². The molecule has 0 bridgehead atoms. The van der Waals surface area contributed by atoms with Crippen LogP contribution in [0.5, 0.6) is 11.5 Å². The molecule has 0 heterocycles. The van der Waals surface area contributed by atoms with Gasteiger partial charge >= 0.3 is 11.9 Å². The third-order valence-electron chi connectivity index (χ3n) is 7.17. The van der Waals surface area contributed by atoms with Gasteiger partial charge in [0.15, 0.2) is 12.2 Å². The monoisotopic (exact) mass is 666 g/mol. The van der Waals surface area contributed by atoms with E-state index in [4.69, 9.17) is 28.4 Å². The number of hydrogen-bond acceptors (Lipinski definition) is 9. The molecule has 2 unspecified atom stereocenters. The lowest BCUT2D eigenvalue weighted by Gasteiger charge is -2.23. The van der Waals surface area contributed by atoms with E-state index in [1.807, 2.05) is 30.3 Å². The van der Waals surface area contributed by atoms with E-state index in [1.54, 1.807) is 25.6 Å². The smallest absolute Gasteiger partial charge is 0.333 e. The lowest BCUT2D eigenvalue weighted by atomic mass is 10.0. The lowest BCUT2D eigenvalue weighted by Crippen LogP contribution is -2.30. The van der Waals surface area contributed by atoms with Crippen molar-refractivity contribution in [3.05, 3.63) is 66.8 Å². The van der Waals surface area contributed by atoms with Crippen LogP contribution in [0.25, 0.3) is 21.5 Å². The van der Waals surface area contributed by atoms with E-state index in [-0.39, 0.29) is 26.4 Å². The van der Waals surface area contributed by atoms with Gasteiger partial charge in [-0.15, -0.1) is 11.8 Å². The Bertz CT molecular complexity index is 1500. The van der Waals surface area contributed by atoms with Crippen molar-refractivity contribution in [2.75, 3.05) is 45.4 Å². The van der Waals surface area contributed by atoms with Crippen LogP contribution in [-0.2, 0) is 28.5 Å². The van der Waals surface area contributed by atoms with Gasteiger partial charge in [-0.05, 0) is 50.6 Å². The van der Waals surface area contributed by atoms with Gasteiger partial charge in [0.1, 0.15) is 24.7 Å². The van der Waals surface area contributed by atoms with E-state index in [1.165, 1.54) is 0 Å². The summed E-state index contributed by atoms with van der Waals surface area (Å²) in [5, 5.41) is 3.35. The second-order valence-corrected chi connectivity index (χ2v) is 12.8. The van der Waals surface area contributed by atoms with Gasteiger partial charge in [0, 0.05) is 50.8 Å². The van der Waals surface area contributed by atoms with Crippen LogP contribution in [-0.4, -0.2) is 69.5 Å². The molecule has 9 heteroatoms. The highest BCUT2D eigenvalue weighted by Gasteiger charge is 2.23. The minimum absolute atomic E-state index is 0.0869. The molecular formula is C38H50O8S. The molecule has 8 nitrogen and oxygen atoms in total. The fraction of sp³-hybridized carbons (Fsp3) is 0.474. The minimum Gasteiger partial charge on any atom is -0.488 e. The molecule has 0 spiro atoms. The number of ether oxygens (including phenoxy) is 6. The number of thioether (sulfide) groups is 1. The Morgan fingerprint density at radius 2 is 1.15 bits per heavy atom. The quantitative estimate of drug-likeness (QED) is 0.0344. The fourth-order valence-corrected chi connectivity index (χ4v) is 5.36. The van der Waals surface area contributed by atoms with Crippen molar-refractivity contribution in [2.45, 2.75) is 77.4 Å². The maximum atomic E-state index is 12.5. The number of fused-ring (bicyclic) bond motifs is 2. The van der Waals surface area contributed by atoms with Crippen LogP contribution >= 0.6 is 11.8 Å². The second kappa shape index (κ2) is 20.0. The predicted octanol–water partition coefficient (Wildman–Crippen LogP) is 8.47. The predicted molar refractivity (Wildman–Crippen MR) is 190 cm³/mol. The zero-order chi connectivity index (χ0) is 34.2. The summed E-state index contributed by atoms with van der Waals surface area (Å²) in [7, 11) is 0. The van der Waals surface area contributed by atoms with Gasteiger partial charge in [-0.1, -0.05) is 71.0 Å². The summed E-state index contributed by atoms with van der Waals surface area (Å²) in [6.45, 7) is 18.7. The van der Waals surface area contributed by atoms with E-state index < -0.39 is 24.1 Å². The highest BCUT2D eigenvalue weighted by molar-refractivity contribution is 7.99. The zero-order valence-electron chi connectivity index (χ0n) is 28.6. The molecule has 3 aromatic rings. The normalized spacial score (nSPS) is 12.4. The average Bonchev–Trinajstić information content (AvgIpc) is 3.05. The van der Waals surface area contributed by atoms with Crippen molar-refractivity contribution in [2.24, 2.45) is 0 Å². The Balaban J connectivity index is 2.02. The molecule has 256 valence electrons. The van der Waals surface area contributed by atoms with E-state index in [9.17, 15) is 9.59 Å². The molecule has 0 aliphatic heterocycles. The van der Waals surface area contributed by atoms with Crippen LogP contribution < -0.4 is 9.47 Å². The van der Waals surface area contributed by atoms with Crippen LogP contribution in [0.15, 0.2) is 71.7 Å². The largest absolute Gasteiger partial charge is 0.488 e. The Morgan fingerprint density at radius 1 is 0.681 bits per heavy atom. The Hall–Kier alpha value is -3.53. The van der Waals surface area contributed by atoms with Crippen LogP contribution in [0, 0.1) is 0 Å². The Labute approximate surface area is 283 Å². The summed E-state index contributed by atoms with van der Waals surface area (Å²) in [6.07, 6.45) is 2.56. The first-order valence-corrected chi connectivity index (χ1v) is 17.4. The maximum absolute atomic E-state index is 12.5. The summed E-state index contributed by atoms with van der Waals surface area (Å²) in [5.74, 6) is 1.23. The van der Waals surface area contributed by atoms with Gasteiger partial charge in [0.05, 0.1) is 13.2 Å². The number of esters is 2. The van der Waals surface area contributed by atoms with Crippen LogP contribution in [0.3, 0.4) is 0 Å². The molecule has 0 N–H and O–H groups in total. The topological polar surface area (TPSA) is 89.5 Å². The van der Waals surface area contributed by atoms with Crippen LogP contribution in [0.1, 0.15) is 60.3 Å². The number of hydrogen-bond donors (Lipinski definition) is 0. The molecule has 0 aliphatic rings. The number of unbranched alkanes of at least 4 members (excludes halogenated alkanes) is 2. The van der Waals surface area contributed by atoms with Gasteiger partial charge in [-0.3, -0.25) is 0 Å². The number of carbonyl (C=O) groups is 2. The van der Waals surface area contributed by atoms with E-state index >= 15 is 0 Å². The Kier molecular flexibility index (Phi) is 16.1. The highest BCUT2D eigenvalue weighted by Crippen LogP contribution is 2.44. The molecule has 0 aliphatic carbocycles. The molecule has 47 heavy (non-hydrogen) atoms. The third-order valence-corrected chi connectivity index (χ3v) is 8.05. The second-order valence-electron chi connectivity index (χ2n) is 11.4. The van der Waals surface area contributed by atoms with Gasteiger partial charge in [0.2, 0.25) is 0 Å². The minimum atomic E-state index is -0.634. The standard InChI is InChI=1S/C38H50O8S/c1-8-11-19-41-22-28(45-37(39)26(4)5)24-43-35-31-15-13-14-16-32(31)36(34-21-30(47-10-3)17-18-33(34)35)44-25-29(23-42-20-12-9-2)46-38(40)27(6)7/h13-18,21,28-29H,4,6,8-12,19-20,22-25H2,1-3,5,7H3. The molecule has 0 radical (unpaired) electrons. The molecule has 3 rings (SSSR count). The van der Waals surface area contributed by atoms with Gasteiger partial charge < -0.3 is 28.4 Å². The van der Waals surface area contributed by atoms with Crippen molar-refractivity contribution in [3.8, 4) is 11.5 Å². The van der Waals surface area contributed by atoms with Crippen LogP contribution in [0.4, 0.5) is 0 Å². The summed E-state index contributed by atoms with van der Waals surface area (Å²) >= 11 is 1.72. The van der Waals surface area contributed by atoms with Crippen molar-refractivity contribution in [3.63, 3.8) is 0 Å². The molecule has 0 amide bonds. The summed E-state index contributed by atoms with van der Waals surface area (Å²) in [5.41, 5.74) is 0.620. The first-order valence-electron chi connectivity index (χ1n) is 16.4. The van der Waals surface area contributed by atoms with E-state index in [0.717, 1.165) is 57.9 Å². The third kappa shape index (κ3) is 11.6. The first-order chi connectivity index (χ1) is 22.7. The Morgan fingerprint density at radius 3 is 1.60 bits per heavy atom. The van der Waals surface area contributed by atoms with E-state index in [0.29, 0.717) is 35.9 Å². The fourth-order valence-electron chi connectivity index (χ4n) is 4.66. The zero-order valence-corrected chi connectivity index (χ0v) is 29.4. The van der Waals surface area contributed by atoms with Crippen molar-refractivity contribution < 1.29 is 38.0 Å². The highest BCUT2D eigenvalue weighted by atomic mass is 32.2. The SMILES string of the molecule is C=C(C)C(=O)OC(COCCCC)COc1c2ccccc2c(OCC(COCCCC)OC(=O)C(=C)C)c2cc(SCC)ccc12. The number of carbonyl (C=O) groups excluding carboxylic acids is 2. The van der Waals surface area contributed by atoms with Crippen molar-refractivity contribution in [1.29, 1.82) is 0 Å². The molecule has 0 saturated carbocycles. The number of rotatable bonds is 22. The molecule has 0 aromatic heterocycles. The van der Waals surface area contributed by atoms with Crippen molar-refractivity contribution in [1.82, 2.24) is 0 Å². The van der Waals surface area contributed by atoms with Crippen LogP contribution in [0.2, 0.25) is 0 Å². The van der Waals surface area contributed by atoms with Crippen molar-refractivity contribution >= 4 is 45.2 Å². The summed E-state index contributed by atoms with van der Waals surface area (Å²) in [4.78, 5) is 26.0. The van der Waals surface area contributed by atoms with Gasteiger partial charge in [-0.25, -0.2) is 9.59 Å². The summed E-state index contributed by atoms with van der Waals surface area (Å²) in [6, 6.07) is 14.0. The average molecular weight is 667 g/mol. The molecule has 2 atom stereocenters. The van der Waals surface area contributed by atoms with Gasteiger partial charge in [0.25, 0.3) is 0 Å². The molecule has 3 aromatic carbocycles. The first kappa shape index (κ1) is 37.9. The summed E-state index contributed by atoms with van der Waals surface area (Å²) < 4.78 is 36.1. The molecular weight excluding hydrogens is 616 g/mol. The molecule has 0 saturated heterocycles. The lowest BCUT2D eigenvalue weighted by molar-refractivity contribution is -0.150. The molecule has 0 fully saturated rings. The number of benzene rings is 3.